The third kappa shape index (κ3) is 5.62. The van der Waals surface area contributed by atoms with Crippen molar-refractivity contribution in [2.45, 2.75) is 18.2 Å². The van der Waals surface area contributed by atoms with E-state index in [-0.39, 0.29) is 16.5 Å². The summed E-state index contributed by atoms with van der Waals surface area (Å²) in [5.74, 6) is 0.254. The molecule has 2 aromatic rings. The zero-order valence-electron chi connectivity index (χ0n) is 16.4. The molecule has 0 aliphatic carbocycles. The summed E-state index contributed by atoms with van der Waals surface area (Å²) in [7, 11) is -3.55. The highest BCUT2D eigenvalue weighted by Crippen LogP contribution is 2.19. The van der Waals surface area contributed by atoms with Crippen molar-refractivity contribution in [2.24, 2.45) is 0 Å². The predicted octanol–water partition coefficient (Wildman–Crippen LogP) is 2.80. The van der Waals surface area contributed by atoms with E-state index >= 15 is 0 Å². The maximum atomic E-state index is 12.9. The van der Waals surface area contributed by atoms with Gasteiger partial charge in [-0.05, 0) is 49.7 Å². The Kier molecular flexibility index (Phi) is 7.00. The van der Waals surface area contributed by atoms with Gasteiger partial charge in [0.15, 0.2) is 5.78 Å². The molecule has 3 rings (SSSR count). The summed E-state index contributed by atoms with van der Waals surface area (Å²) in [5.41, 5.74) is 0.497. The number of piperazine rings is 1. The van der Waals surface area contributed by atoms with Crippen molar-refractivity contribution in [2.75, 3.05) is 39.3 Å². The number of hydrogen-bond acceptors (Lipinski definition) is 5. The molecule has 2 aromatic carbocycles. The fraction of sp³-hybridized carbons (Fsp3) is 0.381. The van der Waals surface area contributed by atoms with E-state index in [0.29, 0.717) is 44.1 Å². The van der Waals surface area contributed by atoms with Crippen LogP contribution in [0.25, 0.3) is 0 Å². The van der Waals surface area contributed by atoms with Crippen molar-refractivity contribution in [3.8, 4) is 5.75 Å². The van der Waals surface area contributed by atoms with Crippen LogP contribution in [-0.4, -0.2) is 62.7 Å². The lowest BCUT2D eigenvalue weighted by Crippen LogP contribution is -2.48. The van der Waals surface area contributed by atoms with Gasteiger partial charge in [0.1, 0.15) is 11.6 Å². The highest BCUT2D eigenvalue weighted by Gasteiger charge is 2.28. The second-order valence-corrected chi connectivity index (χ2v) is 8.92. The molecule has 0 radical (unpaired) electrons. The van der Waals surface area contributed by atoms with Crippen LogP contribution < -0.4 is 4.74 Å². The Morgan fingerprint density at radius 2 is 1.62 bits per heavy atom. The van der Waals surface area contributed by atoms with Crippen molar-refractivity contribution in [3.05, 3.63) is 59.9 Å². The number of ether oxygens (including phenoxy) is 1. The third-order valence-electron chi connectivity index (χ3n) is 4.93. The standard InChI is InChI=1S/C21H25FN2O4S/c1-17(25)18-3-9-21(10-4-18)29(26,27)24-14-12-23(13-15-24)11-2-16-28-20-7-5-19(22)6-8-20/h3-10H,2,11-16H2,1H3. The second kappa shape index (κ2) is 9.47. The van der Waals surface area contributed by atoms with Gasteiger partial charge in [-0.3, -0.25) is 4.79 Å². The monoisotopic (exact) mass is 420 g/mol. The molecular formula is C21H25FN2O4S. The molecule has 0 atom stereocenters. The van der Waals surface area contributed by atoms with Gasteiger partial charge in [-0.1, -0.05) is 12.1 Å². The molecule has 0 amide bonds. The number of Topliss-reactive ketones (excluding diaryl/α,β-unsaturated/α-hetero) is 1. The van der Waals surface area contributed by atoms with Crippen LogP contribution >= 0.6 is 0 Å². The SMILES string of the molecule is CC(=O)c1ccc(S(=O)(=O)N2CCN(CCCOc3ccc(F)cc3)CC2)cc1. The average molecular weight is 421 g/mol. The Labute approximate surface area is 170 Å². The van der Waals surface area contributed by atoms with E-state index < -0.39 is 10.0 Å². The Bertz CT molecular complexity index is 922. The van der Waals surface area contributed by atoms with Gasteiger partial charge in [-0.15, -0.1) is 0 Å². The van der Waals surface area contributed by atoms with Crippen LogP contribution in [0.1, 0.15) is 23.7 Å². The molecule has 0 spiro atoms. The van der Waals surface area contributed by atoms with Gasteiger partial charge in [-0.2, -0.15) is 4.31 Å². The first-order chi connectivity index (χ1) is 13.9. The lowest BCUT2D eigenvalue weighted by Gasteiger charge is -2.34. The lowest BCUT2D eigenvalue weighted by molar-refractivity contribution is 0.101. The van der Waals surface area contributed by atoms with Crippen molar-refractivity contribution in [1.82, 2.24) is 9.21 Å². The van der Waals surface area contributed by atoms with Crippen LogP contribution in [0.3, 0.4) is 0 Å². The average Bonchev–Trinajstić information content (AvgIpc) is 2.73. The zero-order chi connectivity index (χ0) is 20.9. The third-order valence-corrected chi connectivity index (χ3v) is 6.84. The van der Waals surface area contributed by atoms with Crippen molar-refractivity contribution >= 4 is 15.8 Å². The van der Waals surface area contributed by atoms with Crippen LogP contribution in [0.5, 0.6) is 5.75 Å². The number of rotatable bonds is 8. The van der Waals surface area contributed by atoms with Gasteiger partial charge < -0.3 is 9.64 Å². The molecular weight excluding hydrogens is 395 g/mol. The summed E-state index contributed by atoms with van der Waals surface area (Å²) in [6.07, 6.45) is 0.802. The topological polar surface area (TPSA) is 66.9 Å². The molecule has 8 heteroatoms. The van der Waals surface area contributed by atoms with Gasteiger partial charge in [0.25, 0.3) is 0 Å². The summed E-state index contributed by atoms with van der Waals surface area (Å²) >= 11 is 0. The van der Waals surface area contributed by atoms with Gasteiger partial charge in [-0.25, -0.2) is 12.8 Å². The van der Waals surface area contributed by atoms with Gasteiger partial charge in [0.2, 0.25) is 10.0 Å². The first kappa shape index (κ1) is 21.4. The zero-order valence-corrected chi connectivity index (χ0v) is 17.2. The number of carbonyl (C=O) groups is 1. The van der Waals surface area contributed by atoms with E-state index in [2.05, 4.69) is 4.90 Å². The number of nitrogens with zero attached hydrogens (tertiary/aromatic N) is 2. The van der Waals surface area contributed by atoms with Gasteiger partial charge in [0.05, 0.1) is 11.5 Å². The fourth-order valence-electron chi connectivity index (χ4n) is 3.21. The van der Waals surface area contributed by atoms with Crippen molar-refractivity contribution < 1.29 is 22.3 Å². The Hall–Kier alpha value is -2.29. The first-order valence-corrected chi connectivity index (χ1v) is 11.0. The maximum absolute atomic E-state index is 12.9. The van der Waals surface area contributed by atoms with Crippen molar-refractivity contribution in [1.29, 1.82) is 0 Å². The molecule has 0 unspecified atom stereocenters. The highest BCUT2D eigenvalue weighted by molar-refractivity contribution is 7.89. The van der Waals surface area contributed by atoms with E-state index in [4.69, 9.17) is 4.74 Å². The van der Waals surface area contributed by atoms with Crippen LogP contribution in [0.2, 0.25) is 0 Å². The summed E-state index contributed by atoms with van der Waals surface area (Å²) < 4.78 is 45.5. The van der Waals surface area contributed by atoms with Crippen LogP contribution in [0, 0.1) is 5.82 Å². The highest BCUT2D eigenvalue weighted by atomic mass is 32.2. The number of benzene rings is 2. The number of halogens is 1. The van der Waals surface area contributed by atoms with Gasteiger partial charge >= 0.3 is 0 Å². The molecule has 1 heterocycles. The molecule has 1 fully saturated rings. The molecule has 0 N–H and O–H groups in total. The van der Waals surface area contributed by atoms with E-state index in [1.165, 1.54) is 35.5 Å². The van der Waals surface area contributed by atoms with E-state index in [1.54, 1.807) is 24.3 Å². The summed E-state index contributed by atoms with van der Waals surface area (Å²) in [4.78, 5) is 13.8. The maximum Gasteiger partial charge on any atom is 0.243 e. The summed E-state index contributed by atoms with van der Waals surface area (Å²) in [6.45, 7) is 4.94. The lowest BCUT2D eigenvalue weighted by atomic mass is 10.2. The first-order valence-electron chi connectivity index (χ1n) is 9.58. The molecule has 29 heavy (non-hydrogen) atoms. The van der Waals surface area contributed by atoms with Gasteiger partial charge in [0, 0.05) is 38.3 Å². The molecule has 1 saturated heterocycles. The van der Waals surface area contributed by atoms with E-state index in [1.807, 2.05) is 0 Å². The van der Waals surface area contributed by atoms with Crippen LogP contribution in [-0.2, 0) is 10.0 Å². The number of carbonyl (C=O) groups excluding carboxylic acids is 1. The largest absolute Gasteiger partial charge is 0.494 e. The molecule has 156 valence electrons. The Balaban J connectivity index is 1.44. The molecule has 1 aliphatic rings. The molecule has 0 bridgehead atoms. The minimum atomic E-state index is -3.55. The molecule has 0 saturated carbocycles. The summed E-state index contributed by atoms with van der Waals surface area (Å²) in [6, 6.07) is 12.0. The van der Waals surface area contributed by atoms with E-state index in [0.717, 1.165) is 13.0 Å². The predicted molar refractivity (Wildman–Crippen MR) is 108 cm³/mol. The second-order valence-electron chi connectivity index (χ2n) is 6.98. The smallest absolute Gasteiger partial charge is 0.243 e. The molecule has 0 aromatic heterocycles. The quantitative estimate of drug-likeness (QED) is 0.485. The fourth-order valence-corrected chi connectivity index (χ4v) is 4.64. The van der Waals surface area contributed by atoms with Crippen LogP contribution in [0.15, 0.2) is 53.4 Å². The van der Waals surface area contributed by atoms with Crippen LogP contribution in [0.4, 0.5) is 4.39 Å². The summed E-state index contributed by atoms with van der Waals surface area (Å²) in [5, 5.41) is 0. The Morgan fingerprint density at radius 3 is 2.21 bits per heavy atom. The minimum Gasteiger partial charge on any atom is -0.494 e. The number of sulfonamides is 1. The molecule has 6 nitrogen and oxygen atoms in total. The normalized spacial score (nSPS) is 15.9. The number of ketones is 1. The minimum absolute atomic E-state index is 0.0917. The number of hydrogen-bond donors (Lipinski definition) is 0. The van der Waals surface area contributed by atoms with Crippen molar-refractivity contribution in [3.63, 3.8) is 0 Å². The van der Waals surface area contributed by atoms with E-state index in [9.17, 15) is 17.6 Å². The Morgan fingerprint density at radius 1 is 1.00 bits per heavy atom. The molecule has 1 aliphatic heterocycles.